The van der Waals surface area contributed by atoms with Crippen molar-refractivity contribution in [3.63, 3.8) is 0 Å². The molecular weight excluding hydrogens is 410 g/mol. The molecule has 5 atom stereocenters. The fourth-order valence-corrected chi connectivity index (χ4v) is 6.50. The van der Waals surface area contributed by atoms with Crippen LogP contribution in [0.4, 0.5) is 0 Å². The fourth-order valence-electron chi connectivity index (χ4n) is 6.50. The predicted molar refractivity (Wildman–Crippen MR) is 121 cm³/mol. The Morgan fingerprint density at radius 3 is 2.44 bits per heavy atom. The molecule has 8 nitrogen and oxygen atoms in total. The highest BCUT2D eigenvalue weighted by Crippen LogP contribution is 2.58. The van der Waals surface area contributed by atoms with Gasteiger partial charge in [-0.1, -0.05) is 20.8 Å². The molecule has 0 aromatic heterocycles. The van der Waals surface area contributed by atoms with Gasteiger partial charge in [-0.15, -0.1) is 0 Å². The minimum absolute atomic E-state index is 0.0275. The summed E-state index contributed by atoms with van der Waals surface area (Å²) in [6, 6.07) is -0.743. The molecule has 182 valence electrons. The molecule has 2 bridgehead atoms. The van der Waals surface area contributed by atoms with Gasteiger partial charge in [0.2, 0.25) is 17.7 Å². The molecule has 3 amide bonds. The molecule has 2 unspecified atom stereocenters. The van der Waals surface area contributed by atoms with Crippen LogP contribution in [0.3, 0.4) is 0 Å². The lowest BCUT2D eigenvalue weighted by atomic mass is 9.70. The van der Waals surface area contributed by atoms with Crippen molar-refractivity contribution in [1.29, 1.82) is 0 Å². The number of hydrogen-bond acceptors (Lipinski definition) is 5. The van der Waals surface area contributed by atoms with Crippen LogP contribution < -0.4 is 10.6 Å². The number of nitrogens with zero attached hydrogens (tertiary/aromatic N) is 1. The number of likely N-dealkylation sites (tertiary alicyclic amines) is 1. The van der Waals surface area contributed by atoms with Gasteiger partial charge < -0.3 is 25.4 Å². The molecule has 3 heterocycles. The molecule has 32 heavy (non-hydrogen) atoms. The highest BCUT2D eigenvalue weighted by molar-refractivity contribution is 5.99. The van der Waals surface area contributed by atoms with Gasteiger partial charge in [-0.2, -0.15) is 0 Å². The Morgan fingerprint density at radius 2 is 1.84 bits per heavy atom. The molecule has 3 fully saturated rings. The normalized spacial score (nSPS) is 31.7. The van der Waals surface area contributed by atoms with Gasteiger partial charge in [-0.3, -0.25) is 14.4 Å². The summed E-state index contributed by atoms with van der Waals surface area (Å²) < 4.78 is 6.37. The van der Waals surface area contributed by atoms with Gasteiger partial charge in [0.25, 0.3) is 0 Å². The highest BCUT2D eigenvalue weighted by atomic mass is 16.5. The summed E-state index contributed by atoms with van der Waals surface area (Å²) in [6.07, 6.45) is 3.86. The summed E-state index contributed by atoms with van der Waals surface area (Å²) in [5, 5.41) is 15.0. The third-order valence-corrected chi connectivity index (χ3v) is 7.09. The van der Waals surface area contributed by atoms with E-state index in [1.807, 2.05) is 13.8 Å². The first-order valence-corrected chi connectivity index (χ1v) is 12.0. The van der Waals surface area contributed by atoms with Crippen molar-refractivity contribution in [2.45, 2.75) is 96.4 Å². The summed E-state index contributed by atoms with van der Waals surface area (Å²) in [5.74, 6) is -1.72. The first-order valence-electron chi connectivity index (χ1n) is 12.0. The zero-order valence-electron chi connectivity index (χ0n) is 20.5. The molecule has 3 rings (SSSR count). The summed E-state index contributed by atoms with van der Waals surface area (Å²) in [4.78, 5) is 41.7. The number of hydrogen-bond donors (Lipinski definition) is 3. The Bertz CT molecular complexity index is 746. The second kappa shape index (κ2) is 8.93. The molecule has 8 heteroatoms. The number of rotatable bonds is 9. The van der Waals surface area contributed by atoms with Crippen LogP contribution >= 0.6 is 0 Å². The molecule has 3 aliphatic rings. The van der Waals surface area contributed by atoms with Crippen LogP contribution in [0, 0.1) is 17.3 Å². The Balaban J connectivity index is 1.90. The summed E-state index contributed by atoms with van der Waals surface area (Å²) in [7, 11) is 1.58. The number of aliphatic hydroxyl groups is 1. The van der Waals surface area contributed by atoms with Gasteiger partial charge in [0.15, 0.2) is 0 Å². The minimum Gasteiger partial charge on any atom is -0.396 e. The average molecular weight is 452 g/mol. The van der Waals surface area contributed by atoms with Crippen molar-refractivity contribution in [3.05, 3.63) is 0 Å². The van der Waals surface area contributed by atoms with Crippen LogP contribution in [-0.4, -0.2) is 71.2 Å². The number of aliphatic hydroxyl groups excluding tert-OH is 1. The molecule has 1 spiro atoms. The third-order valence-electron chi connectivity index (χ3n) is 7.09. The quantitative estimate of drug-likeness (QED) is 0.462. The number of carbonyl (C=O) groups is 3. The molecule has 0 radical (unpaired) electrons. The van der Waals surface area contributed by atoms with Crippen molar-refractivity contribution in [3.8, 4) is 0 Å². The van der Waals surface area contributed by atoms with E-state index in [0.29, 0.717) is 32.2 Å². The second-order valence-corrected chi connectivity index (χ2v) is 11.6. The maximum Gasteiger partial charge on any atom is 0.246 e. The van der Waals surface area contributed by atoms with Crippen molar-refractivity contribution in [2.24, 2.45) is 17.3 Å². The van der Waals surface area contributed by atoms with Crippen LogP contribution in [0.2, 0.25) is 0 Å². The molecule has 3 N–H and O–H groups in total. The fraction of sp³-hybridized carbons (Fsp3) is 0.875. The van der Waals surface area contributed by atoms with Crippen LogP contribution in [-0.2, 0) is 19.1 Å². The van der Waals surface area contributed by atoms with E-state index >= 15 is 0 Å². The van der Waals surface area contributed by atoms with Gasteiger partial charge in [0.05, 0.1) is 17.9 Å². The molecule has 3 saturated heterocycles. The van der Waals surface area contributed by atoms with Crippen LogP contribution in [0.1, 0.15) is 73.1 Å². The van der Waals surface area contributed by atoms with E-state index in [0.717, 1.165) is 12.8 Å². The van der Waals surface area contributed by atoms with Crippen molar-refractivity contribution in [2.75, 3.05) is 20.2 Å². The Labute approximate surface area is 191 Å². The van der Waals surface area contributed by atoms with Gasteiger partial charge >= 0.3 is 0 Å². The molecule has 0 saturated carbocycles. The van der Waals surface area contributed by atoms with E-state index in [-0.39, 0.29) is 35.8 Å². The van der Waals surface area contributed by atoms with Crippen LogP contribution in [0.25, 0.3) is 0 Å². The molecule has 0 aliphatic carbocycles. The summed E-state index contributed by atoms with van der Waals surface area (Å²) in [6.45, 7) is 11.0. The minimum atomic E-state index is -0.947. The lowest BCUT2D eigenvalue weighted by Gasteiger charge is -2.38. The predicted octanol–water partition coefficient (Wildman–Crippen LogP) is 1.60. The zero-order valence-corrected chi connectivity index (χ0v) is 20.5. The zero-order chi connectivity index (χ0) is 23.9. The molecule has 0 aromatic rings. The van der Waals surface area contributed by atoms with E-state index in [2.05, 4.69) is 31.4 Å². The largest absolute Gasteiger partial charge is 0.396 e. The number of unbranched alkanes of at least 4 members (excludes halogenated alkanes) is 2. The number of nitrogens with one attached hydrogen (secondary N) is 2. The monoisotopic (exact) mass is 451 g/mol. The molecule has 3 aliphatic heterocycles. The van der Waals surface area contributed by atoms with Crippen LogP contribution in [0.15, 0.2) is 0 Å². The second-order valence-electron chi connectivity index (χ2n) is 11.6. The maximum atomic E-state index is 13.7. The first-order chi connectivity index (χ1) is 14.9. The topological polar surface area (TPSA) is 108 Å². The summed E-state index contributed by atoms with van der Waals surface area (Å²) in [5.41, 5.74) is -1.37. The van der Waals surface area contributed by atoms with Gasteiger partial charge in [-0.05, 0) is 57.8 Å². The van der Waals surface area contributed by atoms with Gasteiger partial charge in [0, 0.05) is 25.7 Å². The van der Waals surface area contributed by atoms with Gasteiger partial charge in [0.1, 0.15) is 11.6 Å². The Morgan fingerprint density at radius 1 is 1.16 bits per heavy atom. The van der Waals surface area contributed by atoms with E-state index in [1.54, 1.807) is 11.9 Å². The first kappa shape index (κ1) is 25.0. The maximum absolute atomic E-state index is 13.7. The lowest BCUT2D eigenvalue weighted by molar-refractivity contribution is -0.143. The van der Waals surface area contributed by atoms with Gasteiger partial charge in [-0.25, -0.2) is 0 Å². The average Bonchev–Trinajstić information content (AvgIpc) is 3.29. The van der Waals surface area contributed by atoms with E-state index < -0.39 is 29.0 Å². The summed E-state index contributed by atoms with van der Waals surface area (Å²) >= 11 is 0. The molecule has 0 aromatic carbocycles. The highest BCUT2D eigenvalue weighted by Gasteiger charge is 2.74. The van der Waals surface area contributed by atoms with E-state index in [9.17, 15) is 14.4 Å². The lowest BCUT2D eigenvalue weighted by Crippen LogP contribution is -2.59. The van der Waals surface area contributed by atoms with E-state index in [1.165, 1.54) is 0 Å². The van der Waals surface area contributed by atoms with Crippen molar-refractivity contribution >= 4 is 17.7 Å². The standard InChI is InChI=1S/C24H41N3O5/c1-22(2,3)14-23(4,5)26-20(30)18-24-11-10-15(32-24)16(19(29)25-6)17(24)21(31)27(18)12-8-7-9-13-28/h15-18,28H,7-14H2,1-6H3,(H,25,29)(H,26,30)/t15-,16+,17+,18?,24?/m1/s1. The number of fused-ring (bicyclic) bond motifs is 1. The van der Waals surface area contributed by atoms with Crippen LogP contribution in [0.5, 0.6) is 0 Å². The van der Waals surface area contributed by atoms with Crippen molar-refractivity contribution < 1.29 is 24.2 Å². The Kier molecular flexibility index (Phi) is 6.97. The van der Waals surface area contributed by atoms with Crippen molar-refractivity contribution in [1.82, 2.24) is 15.5 Å². The number of carbonyl (C=O) groups excluding carboxylic acids is 3. The molecular formula is C24H41N3O5. The smallest absolute Gasteiger partial charge is 0.246 e. The Hall–Kier alpha value is -1.67. The SMILES string of the molecule is CNC(=O)[C@@H]1[C@H]2C(=O)N(CCCCCO)C(C(=O)NC(C)(C)CC(C)(C)C)C23CC[C@H]1O3. The number of amides is 3. The third kappa shape index (κ3) is 4.53. The van der Waals surface area contributed by atoms with E-state index in [4.69, 9.17) is 9.84 Å². The number of ether oxygens (including phenoxy) is 1.